The van der Waals surface area contributed by atoms with Gasteiger partial charge in [0, 0.05) is 16.3 Å². The van der Waals surface area contributed by atoms with E-state index in [1.807, 2.05) is 22.9 Å². The molecule has 1 amide bonds. The van der Waals surface area contributed by atoms with Gasteiger partial charge in [-0.2, -0.15) is 0 Å². The number of thiazole rings is 1. The highest BCUT2D eigenvalue weighted by Gasteiger charge is 2.20. The molecule has 4 aromatic rings. The van der Waals surface area contributed by atoms with Crippen LogP contribution in [0.5, 0.6) is 0 Å². The summed E-state index contributed by atoms with van der Waals surface area (Å²) >= 11 is 2.92. The second kappa shape index (κ2) is 5.85. The van der Waals surface area contributed by atoms with Crippen LogP contribution < -0.4 is 5.32 Å². The summed E-state index contributed by atoms with van der Waals surface area (Å²) in [5, 5.41) is 7.64. The van der Waals surface area contributed by atoms with Gasteiger partial charge >= 0.3 is 0 Å². The molecule has 3 heterocycles. The van der Waals surface area contributed by atoms with E-state index in [1.54, 1.807) is 30.4 Å². The first-order valence-electron chi connectivity index (χ1n) is 7.12. The topological polar surface area (TPSA) is 55.1 Å². The van der Waals surface area contributed by atoms with E-state index in [0.29, 0.717) is 16.1 Å². The lowest BCUT2D eigenvalue weighted by atomic mass is 10.1. The van der Waals surface area contributed by atoms with Gasteiger partial charge in [0.1, 0.15) is 0 Å². The zero-order valence-corrected chi connectivity index (χ0v) is 14.1. The molecule has 24 heavy (non-hydrogen) atoms. The average Bonchev–Trinajstić information content (AvgIpc) is 3.28. The molecule has 0 radical (unpaired) electrons. The molecule has 7 heteroatoms. The Morgan fingerprint density at radius 3 is 2.88 bits per heavy atom. The predicted molar refractivity (Wildman–Crippen MR) is 94.3 cm³/mol. The molecule has 0 aliphatic rings. The molecule has 1 aromatic carbocycles. The molecule has 0 aliphatic carbocycles. The number of anilines is 1. The maximum atomic E-state index is 13.8. The first kappa shape index (κ1) is 15.0. The van der Waals surface area contributed by atoms with Crippen molar-refractivity contribution >= 4 is 44.7 Å². The van der Waals surface area contributed by atoms with E-state index in [1.165, 1.54) is 17.4 Å². The monoisotopic (exact) mass is 358 g/mol. The number of hydrogen-bond acceptors (Lipinski definition) is 5. The molecule has 0 saturated carbocycles. The summed E-state index contributed by atoms with van der Waals surface area (Å²) in [4.78, 5) is 17.9. The standard InChI is InChI=1S/C17H11FN2O2S2/c1-9-10-4-2-5-11(18)15(10)22-14(9)16(21)20-17-19-12(8-24-17)13-6-3-7-23-13/h2-8H,1H3,(H,19,20,21). The van der Waals surface area contributed by atoms with Crippen molar-refractivity contribution in [2.24, 2.45) is 0 Å². The third-order valence-corrected chi connectivity index (χ3v) is 5.27. The fraction of sp³-hybridized carbons (Fsp3) is 0.0588. The lowest BCUT2D eigenvalue weighted by molar-refractivity contribution is 0.0997. The second-order valence-corrected chi connectivity index (χ2v) is 6.95. The van der Waals surface area contributed by atoms with Crippen molar-refractivity contribution in [2.75, 3.05) is 5.32 Å². The van der Waals surface area contributed by atoms with Gasteiger partial charge in [-0.1, -0.05) is 18.2 Å². The van der Waals surface area contributed by atoms with Crippen molar-refractivity contribution in [1.29, 1.82) is 0 Å². The van der Waals surface area contributed by atoms with Crippen LogP contribution in [-0.2, 0) is 0 Å². The first-order valence-corrected chi connectivity index (χ1v) is 8.88. The molecule has 120 valence electrons. The van der Waals surface area contributed by atoms with Crippen molar-refractivity contribution in [3.8, 4) is 10.6 Å². The molecule has 4 nitrogen and oxygen atoms in total. The van der Waals surface area contributed by atoms with Crippen LogP contribution in [-0.4, -0.2) is 10.9 Å². The molecule has 0 unspecified atom stereocenters. The Balaban J connectivity index is 1.63. The summed E-state index contributed by atoms with van der Waals surface area (Å²) in [7, 11) is 0. The molecule has 0 spiro atoms. The summed E-state index contributed by atoms with van der Waals surface area (Å²) in [5.74, 6) is -0.818. The van der Waals surface area contributed by atoms with Crippen molar-refractivity contribution < 1.29 is 13.6 Å². The number of fused-ring (bicyclic) bond motifs is 1. The molecule has 0 aliphatic heterocycles. The lowest BCUT2D eigenvalue weighted by Crippen LogP contribution is -2.11. The van der Waals surface area contributed by atoms with Crippen molar-refractivity contribution in [3.63, 3.8) is 0 Å². The van der Waals surface area contributed by atoms with Crippen LogP contribution in [0.4, 0.5) is 9.52 Å². The highest BCUT2D eigenvalue weighted by atomic mass is 32.1. The maximum absolute atomic E-state index is 13.8. The van der Waals surface area contributed by atoms with E-state index in [2.05, 4.69) is 10.3 Å². The third kappa shape index (κ3) is 2.51. The van der Waals surface area contributed by atoms with Crippen LogP contribution in [0, 0.1) is 12.7 Å². The lowest BCUT2D eigenvalue weighted by Gasteiger charge is -1.99. The van der Waals surface area contributed by atoms with E-state index in [0.717, 1.165) is 10.6 Å². The van der Waals surface area contributed by atoms with Crippen LogP contribution in [0.25, 0.3) is 21.5 Å². The molecule has 0 fully saturated rings. The normalized spacial score (nSPS) is 11.1. The number of aryl methyl sites for hydroxylation is 1. The number of carbonyl (C=O) groups is 1. The van der Waals surface area contributed by atoms with Crippen molar-refractivity contribution in [2.45, 2.75) is 6.92 Å². The number of halogens is 1. The number of rotatable bonds is 3. The van der Waals surface area contributed by atoms with Crippen LogP contribution in [0.1, 0.15) is 16.1 Å². The molecular formula is C17H11FN2O2S2. The van der Waals surface area contributed by atoms with E-state index in [9.17, 15) is 9.18 Å². The highest BCUT2D eigenvalue weighted by Crippen LogP contribution is 2.30. The van der Waals surface area contributed by atoms with E-state index in [-0.39, 0.29) is 11.3 Å². The van der Waals surface area contributed by atoms with Gasteiger partial charge in [-0.05, 0) is 24.4 Å². The van der Waals surface area contributed by atoms with Gasteiger partial charge in [0.15, 0.2) is 22.3 Å². The van der Waals surface area contributed by atoms with Crippen LogP contribution in [0.3, 0.4) is 0 Å². The predicted octanol–water partition coefficient (Wildman–Crippen LogP) is 5.32. The zero-order valence-electron chi connectivity index (χ0n) is 12.5. The number of furan rings is 1. The second-order valence-electron chi connectivity index (χ2n) is 5.14. The number of thiophene rings is 1. The van der Waals surface area contributed by atoms with Gasteiger partial charge in [-0.15, -0.1) is 22.7 Å². The molecule has 4 rings (SSSR count). The van der Waals surface area contributed by atoms with Crippen LogP contribution in [0.15, 0.2) is 45.5 Å². The third-order valence-electron chi connectivity index (χ3n) is 3.62. The minimum atomic E-state index is -0.483. The van der Waals surface area contributed by atoms with Gasteiger partial charge < -0.3 is 4.42 Å². The summed E-state index contributed by atoms with van der Waals surface area (Å²) in [6.45, 7) is 1.74. The molecule has 1 N–H and O–H groups in total. The Kier molecular flexibility index (Phi) is 3.66. The molecule has 0 bridgehead atoms. The molecule has 0 atom stereocenters. The van der Waals surface area contributed by atoms with E-state index in [4.69, 9.17) is 4.42 Å². The Morgan fingerprint density at radius 2 is 2.12 bits per heavy atom. The molecule has 3 aromatic heterocycles. The highest BCUT2D eigenvalue weighted by molar-refractivity contribution is 7.16. The van der Waals surface area contributed by atoms with Gasteiger partial charge in [0.25, 0.3) is 5.91 Å². The van der Waals surface area contributed by atoms with Crippen LogP contribution in [0.2, 0.25) is 0 Å². The van der Waals surface area contributed by atoms with Crippen molar-refractivity contribution in [3.05, 3.63) is 58.2 Å². The minimum absolute atomic E-state index is 0.0959. The Hall–Kier alpha value is -2.51. The van der Waals surface area contributed by atoms with E-state index >= 15 is 0 Å². The van der Waals surface area contributed by atoms with Gasteiger partial charge in [0.2, 0.25) is 0 Å². The number of hydrogen-bond donors (Lipinski definition) is 1. The van der Waals surface area contributed by atoms with E-state index < -0.39 is 11.7 Å². The Labute approximate surface area is 144 Å². The summed E-state index contributed by atoms with van der Waals surface area (Å²) in [6, 6.07) is 8.55. The number of para-hydroxylation sites is 1. The fourth-order valence-corrected chi connectivity index (χ4v) is 3.91. The Morgan fingerprint density at radius 1 is 1.25 bits per heavy atom. The number of nitrogens with zero attached hydrogens (tertiary/aromatic N) is 1. The zero-order chi connectivity index (χ0) is 16.7. The quantitative estimate of drug-likeness (QED) is 0.539. The fourth-order valence-electron chi connectivity index (χ4n) is 2.45. The number of amides is 1. The van der Waals surface area contributed by atoms with Gasteiger partial charge in [-0.3, -0.25) is 10.1 Å². The first-order chi connectivity index (χ1) is 11.6. The number of nitrogens with one attached hydrogen (secondary N) is 1. The van der Waals surface area contributed by atoms with Crippen molar-refractivity contribution in [1.82, 2.24) is 4.98 Å². The summed E-state index contributed by atoms with van der Waals surface area (Å²) in [5.41, 5.74) is 1.52. The maximum Gasteiger partial charge on any atom is 0.293 e. The molecule has 0 saturated heterocycles. The summed E-state index contributed by atoms with van der Waals surface area (Å²) < 4.78 is 19.2. The molecular weight excluding hydrogens is 347 g/mol. The smallest absolute Gasteiger partial charge is 0.293 e. The number of benzene rings is 1. The number of aromatic nitrogens is 1. The van der Waals surface area contributed by atoms with Crippen LogP contribution >= 0.6 is 22.7 Å². The minimum Gasteiger partial charge on any atom is -0.448 e. The van der Waals surface area contributed by atoms with Gasteiger partial charge in [0.05, 0.1) is 10.6 Å². The average molecular weight is 358 g/mol. The van der Waals surface area contributed by atoms with Gasteiger partial charge in [-0.25, -0.2) is 9.37 Å². The number of carbonyl (C=O) groups excluding carboxylic acids is 1. The SMILES string of the molecule is Cc1c(C(=O)Nc2nc(-c3cccs3)cs2)oc2c(F)cccc12. The largest absolute Gasteiger partial charge is 0.448 e. The summed E-state index contributed by atoms with van der Waals surface area (Å²) in [6.07, 6.45) is 0. The Bertz CT molecular complexity index is 1030.